The number of ether oxygens (including phenoxy) is 1. The second-order valence-corrected chi connectivity index (χ2v) is 6.51. The molecule has 5 nitrogen and oxygen atoms in total. The molecule has 1 fully saturated rings. The normalized spacial score (nSPS) is 28.9. The van der Waals surface area contributed by atoms with E-state index in [-0.39, 0.29) is 17.7 Å². The Morgan fingerprint density at radius 2 is 2.00 bits per heavy atom. The van der Waals surface area contributed by atoms with Gasteiger partial charge in [0, 0.05) is 32.5 Å². The van der Waals surface area contributed by atoms with Crippen molar-refractivity contribution < 1.29 is 14.3 Å². The summed E-state index contributed by atoms with van der Waals surface area (Å²) in [7, 11) is 1.73. The van der Waals surface area contributed by atoms with Gasteiger partial charge in [-0.05, 0) is 32.4 Å². The van der Waals surface area contributed by atoms with Crippen molar-refractivity contribution in [1.82, 2.24) is 9.80 Å². The van der Waals surface area contributed by atoms with E-state index >= 15 is 0 Å². The first-order valence-corrected chi connectivity index (χ1v) is 8.27. The highest BCUT2D eigenvalue weighted by atomic mass is 16.5. The molecule has 2 heterocycles. The van der Waals surface area contributed by atoms with Crippen LogP contribution in [0.3, 0.4) is 0 Å². The van der Waals surface area contributed by atoms with Gasteiger partial charge in [-0.2, -0.15) is 0 Å². The van der Waals surface area contributed by atoms with Crippen LogP contribution in [0.5, 0.6) is 5.75 Å². The van der Waals surface area contributed by atoms with Crippen molar-refractivity contribution in [2.75, 3.05) is 20.1 Å². The van der Waals surface area contributed by atoms with E-state index in [0.29, 0.717) is 19.5 Å². The maximum atomic E-state index is 13.0. The van der Waals surface area contributed by atoms with Crippen molar-refractivity contribution in [3.05, 3.63) is 29.8 Å². The van der Waals surface area contributed by atoms with Gasteiger partial charge < -0.3 is 14.5 Å². The molecule has 0 N–H and O–H groups in total. The number of benzene rings is 1. The average Bonchev–Trinajstić information content (AvgIpc) is 2.54. The number of carbonyl (C=O) groups excluding carboxylic acids is 2. The van der Waals surface area contributed by atoms with E-state index in [0.717, 1.165) is 11.3 Å². The van der Waals surface area contributed by atoms with Gasteiger partial charge in [-0.1, -0.05) is 18.2 Å². The van der Waals surface area contributed by atoms with Gasteiger partial charge in [0.15, 0.2) is 5.72 Å². The Morgan fingerprint density at radius 3 is 2.65 bits per heavy atom. The Hall–Kier alpha value is -2.04. The summed E-state index contributed by atoms with van der Waals surface area (Å²) in [6.07, 6.45) is 0.643. The van der Waals surface area contributed by atoms with E-state index in [9.17, 15) is 9.59 Å². The number of piperidine rings is 1. The molecular formula is C18H24N2O3. The van der Waals surface area contributed by atoms with Crippen molar-refractivity contribution >= 4 is 11.8 Å². The molecule has 1 aromatic carbocycles. The van der Waals surface area contributed by atoms with Crippen LogP contribution in [0.25, 0.3) is 0 Å². The minimum Gasteiger partial charge on any atom is -0.468 e. The molecule has 0 unspecified atom stereocenters. The lowest BCUT2D eigenvalue weighted by Gasteiger charge is -2.52. The standard InChI is InChI=1S/C18H24N2O3/c1-5-20(6-2)17(22)15-13-11-18(3,19(4)16(15)21)23-14-10-8-7-9-12(13)14/h7-10,13,15H,5-6,11H2,1-4H3/t13-,15+,18+/m0/s1. The van der Waals surface area contributed by atoms with Crippen LogP contribution in [0.4, 0.5) is 0 Å². The van der Waals surface area contributed by atoms with Crippen molar-refractivity contribution in [3.8, 4) is 5.75 Å². The molecule has 0 aliphatic carbocycles. The van der Waals surface area contributed by atoms with Crippen LogP contribution in [0, 0.1) is 5.92 Å². The Labute approximate surface area is 137 Å². The van der Waals surface area contributed by atoms with Gasteiger partial charge in [-0.3, -0.25) is 9.59 Å². The third-order valence-electron chi connectivity index (χ3n) is 5.30. The number of carbonyl (C=O) groups is 2. The highest BCUT2D eigenvalue weighted by molar-refractivity contribution is 6.02. The van der Waals surface area contributed by atoms with Gasteiger partial charge in [-0.15, -0.1) is 0 Å². The average molecular weight is 316 g/mol. The van der Waals surface area contributed by atoms with E-state index in [1.807, 2.05) is 45.0 Å². The predicted octanol–water partition coefficient (Wildman–Crippen LogP) is 2.23. The Morgan fingerprint density at radius 1 is 1.35 bits per heavy atom. The van der Waals surface area contributed by atoms with Gasteiger partial charge in [0.1, 0.15) is 11.7 Å². The highest BCUT2D eigenvalue weighted by Crippen LogP contribution is 2.49. The van der Waals surface area contributed by atoms with Crippen LogP contribution in [0.15, 0.2) is 24.3 Å². The fraction of sp³-hybridized carbons (Fsp3) is 0.556. The number of fused-ring (bicyclic) bond motifs is 4. The fourth-order valence-corrected chi connectivity index (χ4v) is 3.80. The molecule has 2 amide bonds. The Bertz CT molecular complexity index is 641. The first-order valence-electron chi connectivity index (χ1n) is 8.27. The molecule has 23 heavy (non-hydrogen) atoms. The molecule has 1 aromatic rings. The summed E-state index contributed by atoms with van der Waals surface area (Å²) in [5.41, 5.74) is 0.285. The summed E-state index contributed by atoms with van der Waals surface area (Å²) in [6.45, 7) is 7.04. The maximum absolute atomic E-state index is 13.0. The van der Waals surface area contributed by atoms with Gasteiger partial charge in [0.25, 0.3) is 0 Å². The minimum atomic E-state index is -0.684. The van der Waals surface area contributed by atoms with Crippen LogP contribution in [-0.4, -0.2) is 47.5 Å². The zero-order valence-corrected chi connectivity index (χ0v) is 14.2. The Balaban J connectivity index is 2.08. The summed E-state index contributed by atoms with van der Waals surface area (Å²) in [6, 6.07) is 7.75. The zero-order chi connectivity index (χ0) is 16.8. The van der Waals surface area contributed by atoms with Gasteiger partial charge in [0.2, 0.25) is 11.8 Å². The molecule has 0 spiro atoms. The summed E-state index contributed by atoms with van der Waals surface area (Å²) in [4.78, 5) is 29.2. The van der Waals surface area contributed by atoms with Gasteiger partial charge >= 0.3 is 0 Å². The molecule has 2 aliphatic heterocycles. The number of para-hydroxylation sites is 1. The summed E-state index contributed by atoms with van der Waals surface area (Å²) >= 11 is 0. The number of amides is 2. The number of hydrogen-bond acceptors (Lipinski definition) is 3. The molecule has 1 saturated heterocycles. The SMILES string of the molecule is CCN(CC)C(=O)[C@H]1C(=O)N(C)[C@@]2(C)C[C@H]1c1ccccc1O2. The second kappa shape index (κ2) is 5.55. The first kappa shape index (κ1) is 15.8. The van der Waals surface area contributed by atoms with Crippen LogP contribution >= 0.6 is 0 Å². The second-order valence-electron chi connectivity index (χ2n) is 6.51. The predicted molar refractivity (Wildman–Crippen MR) is 87.0 cm³/mol. The number of likely N-dealkylation sites (tertiary alicyclic amines) is 1. The van der Waals surface area contributed by atoms with Crippen LogP contribution in [0.2, 0.25) is 0 Å². The van der Waals surface area contributed by atoms with Crippen molar-refractivity contribution in [1.29, 1.82) is 0 Å². The van der Waals surface area contributed by atoms with Gasteiger partial charge in [0.05, 0.1) is 0 Å². The van der Waals surface area contributed by atoms with Crippen LogP contribution in [0.1, 0.15) is 38.7 Å². The molecule has 124 valence electrons. The third kappa shape index (κ3) is 2.30. The largest absolute Gasteiger partial charge is 0.468 e. The van der Waals surface area contributed by atoms with Crippen molar-refractivity contribution in [2.45, 2.75) is 38.8 Å². The lowest BCUT2D eigenvalue weighted by Crippen LogP contribution is -2.63. The highest BCUT2D eigenvalue weighted by Gasteiger charge is 2.55. The smallest absolute Gasteiger partial charge is 0.238 e. The van der Waals surface area contributed by atoms with E-state index < -0.39 is 11.6 Å². The number of rotatable bonds is 3. The van der Waals surface area contributed by atoms with E-state index in [4.69, 9.17) is 4.74 Å². The molecule has 0 saturated carbocycles. The van der Waals surface area contributed by atoms with Crippen LogP contribution in [-0.2, 0) is 9.59 Å². The number of hydrogen-bond donors (Lipinski definition) is 0. The van der Waals surface area contributed by atoms with E-state index in [2.05, 4.69) is 0 Å². The molecule has 2 bridgehead atoms. The van der Waals surface area contributed by atoms with E-state index in [1.54, 1.807) is 16.8 Å². The summed E-state index contributed by atoms with van der Waals surface area (Å²) < 4.78 is 6.09. The van der Waals surface area contributed by atoms with Crippen molar-refractivity contribution in [2.24, 2.45) is 5.92 Å². The lowest BCUT2D eigenvalue weighted by atomic mass is 9.73. The molecule has 3 rings (SSSR count). The monoisotopic (exact) mass is 316 g/mol. The maximum Gasteiger partial charge on any atom is 0.238 e. The minimum absolute atomic E-state index is 0.0735. The zero-order valence-electron chi connectivity index (χ0n) is 14.2. The fourth-order valence-electron chi connectivity index (χ4n) is 3.80. The molecular weight excluding hydrogens is 292 g/mol. The molecule has 5 heteroatoms. The summed E-state index contributed by atoms with van der Waals surface area (Å²) in [5.74, 6) is -0.214. The number of nitrogens with zero attached hydrogens (tertiary/aromatic N) is 2. The topological polar surface area (TPSA) is 49.9 Å². The molecule has 0 radical (unpaired) electrons. The van der Waals surface area contributed by atoms with Crippen molar-refractivity contribution in [3.63, 3.8) is 0 Å². The Kier molecular flexibility index (Phi) is 3.82. The molecule has 2 aliphatic rings. The van der Waals surface area contributed by atoms with E-state index in [1.165, 1.54) is 0 Å². The van der Waals surface area contributed by atoms with Gasteiger partial charge in [-0.25, -0.2) is 0 Å². The quantitative estimate of drug-likeness (QED) is 0.804. The lowest BCUT2D eigenvalue weighted by molar-refractivity contribution is -0.174. The molecule has 0 aromatic heterocycles. The van der Waals surface area contributed by atoms with Crippen LogP contribution < -0.4 is 4.74 Å². The summed E-state index contributed by atoms with van der Waals surface area (Å²) in [5, 5.41) is 0. The third-order valence-corrected chi connectivity index (χ3v) is 5.30. The first-order chi connectivity index (χ1) is 10.9. The molecule has 3 atom stereocenters.